The quantitative estimate of drug-likeness (QED) is 0.846. The van der Waals surface area contributed by atoms with E-state index < -0.39 is 0 Å². The first-order chi connectivity index (χ1) is 11.3. The molecular weight excluding hydrogens is 304 g/mol. The first kappa shape index (κ1) is 16.8. The summed E-state index contributed by atoms with van der Waals surface area (Å²) in [6.45, 7) is 8.81. The van der Waals surface area contributed by atoms with Gasteiger partial charge in [-0.15, -0.1) is 5.10 Å². The Hall–Kier alpha value is -2.02. The van der Waals surface area contributed by atoms with E-state index in [1.54, 1.807) is 21.6 Å². The number of hydrogen-bond donors (Lipinski definition) is 0. The van der Waals surface area contributed by atoms with Crippen LogP contribution in [0.1, 0.15) is 45.0 Å². The van der Waals surface area contributed by atoms with Gasteiger partial charge in [0.05, 0.1) is 24.1 Å². The topological polar surface area (TPSA) is 68.8 Å². The molecule has 1 aliphatic rings. The molecule has 0 amide bonds. The van der Waals surface area contributed by atoms with E-state index in [0.717, 1.165) is 37.3 Å². The fourth-order valence-electron chi connectivity index (χ4n) is 3.15. The third-order valence-electron chi connectivity index (χ3n) is 4.69. The molecule has 1 unspecified atom stereocenters. The van der Waals surface area contributed by atoms with Crippen molar-refractivity contribution in [3.8, 4) is 0 Å². The van der Waals surface area contributed by atoms with Crippen molar-refractivity contribution in [2.24, 2.45) is 7.05 Å². The molecule has 24 heavy (non-hydrogen) atoms. The van der Waals surface area contributed by atoms with Gasteiger partial charge >= 0.3 is 0 Å². The molecule has 0 saturated carbocycles. The number of nitrogens with zero attached hydrogens (tertiary/aromatic N) is 6. The zero-order chi connectivity index (χ0) is 17.3. The van der Waals surface area contributed by atoms with E-state index in [4.69, 9.17) is 0 Å². The van der Waals surface area contributed by atoms with Crippen LogP contribution in [0.4, 0.5) is 0 Å². The van der Waals surface area contributed by atoms with E-state index in [2.05, 4.69) is 41.1 Å². The van der Waals surface area contributed by atoms with Crippen molar-refractivity contribution < 1.29 is 0 Å². The summed E-state index contributed by atoms with van der Waals surface area (Å²) in [6, 6.07) is 3.80. The lowest BCUT2D eigenvalue weighted by Gasteiger charge is -2.25. The molecule has 1 aliphatic heterocycles. The minimum absolute atomic E-state index is 0.0305. The summed E-state index contributed by atoms with van der Waals surface area (Å²) in [7, 11) is 1.91. The second-order valence-electron chi connectivity index (χ2n) is 7.60. The maximum atomic E-state index is 12.2. The van der Waals surface area contributed by atoms with Crippen LogP contribution in [-0.2, 0) is 25.6 Å². The van der Waals surface area contributed by atoms with Crippen molar-refractivity contribution in [2.75, 3.05) is 6.54 Å². The van der Waals surface area contributed by atoms with Gasteiger partial charge in [0, 0.05) is 31.1 Å². The van der Waals surface area contributed by atoms with E-state index >= 15 is 0 Å². The molecule has 0 bridgehead atoms. The van der Waals surface area contributed by atoms with Crippen LogP contribution in [0, 0.1) is 0 Å². The van der Waals surface area contributed by atoms with E-state index in [1.807, 2.05) is 13.1 Å². The molecule has 1 fully saturated rings. The van der Waals surface area contributed by atoms with Gasteiger partial charge in [-0.1, -0.05) is 26.0 Å². The Kier molecular flexibility index (Phi) is 4.54. The highest BCUT2D eigenvalue weighted by molar-refractivity contribution is 5.10. The van der Waals surface area contributed by atoms with Crippen LogP contribution < -0.4 is 5.56 Å². The van der Waals surface area contributed by atoms with Crippen LogP contribution in [0.15, 0.2) is 23.1 Å². The molecule has 130 valence electrons. The Morgan fingerprint density at radius 3 is 2.75 bits per heavy atom. The van der Waals surface area contributed by atoms with Crippen LogP contribution in [0.2, 0.25) is 0 Å². The van der Waals surface area contributed by atoms with Gasteiger partial charge in [0.1, 0.15) is 0 Å². The summed E-state index contributed by atoms with van der Waals surface area (Å²) in [4.78, 5) is 14.6. The molecule has 2 aromatic heterocycles. The zero-order valence-electron chi connectivity index (χ0n) is 14.9. The molecule has 0 N–H and O–H groups in total. The zero-order valence-corrected chi connectivity index (χ0v) is 14.9. The minimum atomic E-state index is -0.0643. The Labute approximate surface area is 142 Å². The predicted molar refractivity (Wildman–Crippen MR) is 91.6 cm³/mol. The summed E-state index contributed by atoms with van der Waals surface area (Å²) in [5.74, 6) is 0. The lowest BCUT2D eigenvalue weighted by Crippen LogP contribution is -2.37. The van der Waals surface area contributed by atoms with E-state index in [-0.39, 0.29) is 11.0 Å². The number of rotatable bonds is 4. The summed E-state index contributed by atoms with van der Waals surface area (Å²) in [5.41, 5.74) is 1.94. The van der Waals surface area contributed by atoms with Crippen LogP contribution in [-0.4, -0.2) is 42.3 Å². The lowest BCUT2D eigenvalue weighted by atomic mass is 9.92. The fraction of sp³-hybridized carbons (Fsp3) is 0.647. The van der Waals surface area contributed by atoms with Crippen LogP contribution in [0.5, 0.6) is 0 Å². The molecule has 7 heteroatoms. The monoisotopic (exact) mass is 330 g/mol. The van der Waals surface area contributed by atoms with Gasteiger partial charge in [-0.05, 0) is 25.5 Å². The maximum absolute atomic E-state index is 12.2. The molecule has 1 atom stereocenters. The van der Waals surface area contributed by atoms with Crippen molar-refractivity contribution in [1.82, 2.24) is 29.7 Å². The Morgan fingerprint density at radius 2 is 2.08 bits per heavy atom. The van der Waals surface area contributed by atoms with Crippen molar-refractivity contribution >= 4 is 0 Å². The first-order valence-corrected chi connectivity index (χ1v) is 8.51. The van der Waals surface area contributed by atoms with Crippen LogP contribution in [0.25, 0.3) is 0 Å². The lowest BCUT2D eigenvalue weighted by molar-refractivity contribution is 0.211. The molecular formula is C17H26N6O. The fourth-order valence-corrected chi connectivity index (χ4v) is 3.15. The molecule has 7 nitrogen and oxygen atoms in total. The minimum Gasteiger partial charge on any atom is -0.293 e. The van der Waals surface area contributed by atoms with Crippen LogP contribution in [0.3, 0.4) is 0 Å². The predicted octanol–water partition coefficient (Wildman–Crippen LogP) is 1.33. The third kappa shape index (κ3) is 3.56. The third-order valence-corrected chi connectivity index (χ3v) is 4.69. The van der Waals surface area contributed by atoms with Crippen molar-refractivity contribution in [3.63, 3.8) is 0 Å². The summed E-state index contributed by atoms with van der Waals surface area (Å²) >= 11 is 0. The standard InChI is InChI=1S/C17H26N6O/c1-17(2,3)15-7-8-16(24)23(19-15)12-13-6-5-9-22(13)11-14-10-18-20-21(14)4/h7-8,10,13H,5-6,9,11-12H2,1-4H3. The molecule has 3 heterocycles. The molecule has 0 aromatic carbocycles. The highest BCUT2D eigenvalue weighted by Gasteiger charge is 2.27. The second kappa shape index (κ2) is 6.47. The normalized spacial score (nSPS) is 19.1. The van der Waals surface area contributed by atoms with Gasteiger partial charge in [-0.3, -0.25) is 14.4 Å². The smallest absolute Gasteiger partial charge is 0.266 e. The Bertz CT molecular complexity index is 757. The number of aryl methyl sites for hydroxylation is 1. The van der Waals surface area contributed by atoms with Gasteiger partial charge in [0.2, 0.25) is 0 Å². The Morgan fingerprint density at radius 1 is 1.29 bits per heavy atom. The van der Waals surface area contributed by atoms with Gasteiger partial charge < -0.3 is 0 Å². The Balaban J connectivity index is 1.77. The van der Waals surface area contributed by atoms with Crippen molar-refractivity contribution in [2.45, 2.75) is 58.2 Å². The summed E-state index contributed by atoms with van der Waals surface area (Å²) < 4.78 is 3.44. The summed E-state index contributed by atoms with van der Waals surface area (Å²) in [6.07, 6.45) is 4.03. The van der Waals surface area contributed by atoms with Gasteiger partial charge in [0.25, 0.3) is 5.56 Å². The molecule has 0 spiro atoms. The summed E-state index contributed by atoms with van der Waals surface area (Å²) in [5, 5.41) is 12.5. The number of hydrogen-bond acceptors (Lipinski definition) is 5. The molecule has 3 rings (SSSR count). The molecule has 0 aliphatic carbocycles. The van der Waals surface area contributed by atoms with E-state index in [1.165, 1.54) is 0 Å². The van der Waals surface area contributed by atoms with Gasteiger partial charge in [-0.2, -0.15) is 5.10 Å². The molecule has 1 saturated heterocycles. The average molecular weight is 330 g/mol. The molecule has 0 radical (unpaired) electrons. The maximum Gasteiger partial charge on any atom is 0.266 e. The average Bonchev–Trinajstić information content (AvgIpc) is 3.11. The largest absolute Gasteiger partial charge is 0.293 e. The van der Waals surface area contributed by atoms with Crippen molar-refractivity contribution in [1.29, 1.82) is 0 Å². The number of aromatic nitrogens is 5. The first-order valence-electron chi connectivity index (χ1n) is 8.51. The van der Waals surface area contributed by atoms with E-state index in [9.17, 15) is 4.79 Å². The van der Waals surface area contributed by atoms with Crippen LogP contribution >= 0.6 is 0 Å². The van der Waals surface area contributed by atoms with Gasteiger partial charge in [0.15, 0.2) is 0 Å². The second-order valence-corrected chi connectivity index (χ2v) is 7.60. The van der Waals surface area contributed by atoms with Gasteiger partial charge in [-0.25, -0.2) is 4.68 Å². The highest BCUT2D eigenvalue weighted by atomic mass is 16.1. The molecule has 2 aromatic rings. The SMILES string of the molecule is Cn1nncc1CN1CCCC1Cn1nc(C(C)(C)C)ccc1=O. The van der Waals surface area contributed by atoms with Crippen molar-refractivity contribution in [3.05, 3.63) is 40.1 Å². The number of likely N-dealkylation sites (tertiary alicyclic amines) is 1. The van der Waals surface area contributed by atoms with E-state index in [0.29, 0.717) is 12.6 Å². The highest BCUT2D eigenvalue weighted by Crippen LogP contribution is 2.22.